The van der Waals surface area contributed by atoms with Crippen LogP contribution in [0.4, 0.5) is 4.39 Å². The quantitative estimate of drug-likeness (QED) is 0.761. The highest BCUT2D eigenvalue weighted by molar-refractivity contribution is 9.10. The highest BCUT2D eigenvalue weighted by Gasteiger charge is 2.13. The van der Waals surface area contributed by atoms with Gasteiger partial charge >= 0.3 is 0 Å². The Kier molecular flexibility index (Phi) is 3.30. The number of aromatic nitrogens is 1. The van der Waals surface area contributed by atoms with E-state index in [9.17, 15) is 4.39 Å². The predicted molar refractivity (Wildman–Crippen MR) is 63.9 cm³/mol. The number of hydrogen-bond donors (Lipinski definition) is 0. The number of nitrogens with zero attached hydrogens (tertiary/aromatic N) is 1. The van der Waals surface area contributed by atoms with Gasteiger partial charge in [0.2, 0.25) is 5.89 Å². The SMILES string of the molecule is CC(Cl)c1ncc(-c2ccc(Br)cc2F)o1. The minimum Gasteiger partial charge on any atom is -0.439 e. The van der Waals surface area contributed by atoms with E-state index in [1.807, 2.05) is 0 Å². The maximum absolute atomic E-state index is 13.6. The lowest BCUT2D eigenvalue weighted by atomic mass is 10.2. The van der Waals surface area contributed by atoms with Gasteiger partial charge in [-0.25, -0.2) is 9.37 Å². The van der Waals surface area contributed by atoms with Crippen LogP contribution < -0.4 is 0 Å². The lowest BCUT2D eigenvalue weighted by molar-refractivity contribution is 0.504. The van der Waals surface area contributed by atoms with Gasteiger partial charge in [0, 0.05) is 4.47 Å². The third-order valence-electron chi connectivity index (χ3n) is 2.06. The van der Waals surface area contributed by atoms with Gasteiger partial charge in [-0.05, 0) is 25.1 Å². The first-order valence-corrected chi connectivity index (χ1v) is 5.86. The number of alkyl halides is 1. The van der Waals surface area contributed by atoms with E-state index in [4.69, 9.17) is 16.0 Å². The summed E-state index contributed by atoms with van der Waals surface area (Å²) in [6.07, 6.45) is 1.47. The van der Waals surface area contributed by atoms with Crippen LogP contribution in [0.3, 0.4) is 0 Å². The minimum atomic E-state index is -0.362. The molecule has 0 aliphatic carbocycles. The van der Waals surface area contributed by atoms with Gasteiger partial charge in [-0.1, -0.05) is 15.9 Å². The molecule has 0 bridgehead atoms. The monoisotopic (exact) mass is 303 g/mol. The van der Waals surface area contributed by atoms with Gasteiger partial charge in [0.05, 0.1) is 11.8 Å². The van der Waals surface area contributed by atoms with Crippen molar-refractivity contribution in [3.63, 3.8) is 0 Å². The van der Waals surface area contributed by atoms with Crippen LogP contribution in [-0.4, -0.2) is 4.98 Å². The Labute approximate surface area is 106 Å². The van der Waals surface area contributed by atoms with E-state index in [0.29, 0.717) is 21.7 Å². The molecule has 1 unspecified atom stereocenters. The summed E-state index contributed by atoms with van der Waals surface area (Å²) in [6.45, 7) is 1.75. The molecule has 0 N–H and O–H groups in total. The molecule has 1 aromatic heterocycles. The number of rotatable bonds is 2. The number of hydrogen-bond acceptors (Lipinski definition) is 2. The van der Waals surface area contributed by atoms with Crippen molar-refractivity contribution in [3.05, 3.63) is 40.6 Å². The van der Waals surface area contributed by atoms with Crippen LogP contribution in [0.1, 0.15) is 18.2 Å². The molecule has 16 heavy (non-hydrogen) atoms. The third kappa shape index (κ3) is 2.28. The molecule has 0 aliphatic heterocycles. The summed E-state index contributed by atoms with van der Waals surface area (Å²) in [7, 11) is 0. The zero-order valence-electron chi connectivity index (χ0n) is 8.38. The van der Waals surface area contributed by atoms with Crippen LogP contribution in [0.2, 0.25) is 0 Å². The summed E-state index contributed by atoms with van der Waals surface area (Å²) in [5.74, 6) is 0.408. The molecule has 2 rings (SSSR count). The highest BCUT2D eigenvalue weighted by Crippen LogP contribution is 2.28. The van der Waals surface area contributed by atoms with Gasteiger partial charge in [-0.15, -0.1) is 11.6 Å². The van der Waals surface area contributed by atoms with Crippen molar-refractivity contribution in [2.24, 2.45) is 0 Å². The Balaban J connectivity index is 2.42. The standard InChI is InChI=1S/C11H8BrClFNO/c1-6(13)11-15-5-10(16-11)8-3-2-7(12)4-9(8)14/h2-6H,1H3. The Bertz CT molecular complexity index is 512. The fraction of sp³-hybridized carbons (Fsp3) is 0.182. The second-order valence-corrected chi connectivity index (χ2v) is 4.87. The second-order valence-electron chi connectivity index (χ2n) is 3.30. The summed E-state index contributed by atoms with van der Waals surface area (Å²) < 4.78 is 19.6. The molecule has 0 amide bonds. The maximum Gasteiger partial charge on any atom is 0.212 e. The van der Waals surface area contributed by atoms with Gasteiger partial charge in [0.15, 0.2) is 5.76 Å². The van der Waals surface area contributed by atoms with Gasteiger partial charge in [0.25, 0.3) is 0 Å². The lowest BCUT2D eigenvalue weighted by Gasteiger charge is -1.99. The zero-order chi connectivity index (χ0) is 11.7. The van der Waals surface area contributed by atoms with E-state index in [1.54, 1.807) is 19.1 Å². The molecular formula is C11H8BrClFNO. The van der Waals surface area contributed by atoms with Crippen LogP contribution in [-0.2, 0) is 0 Å². The largest absolute Gasteiger partial charge is 0.439 e. The van der Waals surface area contributed by atoms with Gasteiger partial charge in [-0.2, -0.15) is 0 Å². The Hall–Kier alpha value is -0.870. The average molecular weight is 305 g/mol. The van der Waals surface area contributed by atoms with E-state index in [-0.39, 0.29) is 11.2 Å². The van der Waals surface area contributed by atoms with Crippen molar-refractivity contribution in [1.29, 1.82) is 0 Å². The average Bonchev–Trinajstić information content (AvgIpc) is 2.66. The topological polar surface area (TPSA) is 26.0 Å². The van der Waals surface area contributed by atoms with Crippen molar-refractivity contribution in [2.75, 3.05) is 0 Å². The number of oxazole rings is 1. The van der Waals surface area contributed by atoms with Gasteiger partial charge < -0.3 is 4.42 Å². The summed E-state index contributed by atoms with van der Waals surface area (Å²) >= 11 is 9.00. The van der Waals surface area contributed by atoms with Crippen molar-refractivity contribution in [1.82, 2.24) is 4.98 Å². The smallest absolute Gasteiger partial charge is 0.212 e. The van der Waals surface area contributed by atoms with Crippen LogP contribution >= 0.6 is 27.5 Å². The van der Waals surface area contributed by atoms with Crippen LogP contribution in [0, 0.1) is 5.82 Å². The van der Waals surface area contributed by atoms with Gasteiger partial charge in [0.1, 0.15) is 11.2 Å². The summed E-state index contributed by atoms with van der Waals surface area (Å²) in [5, 5.41) is -0.327. The number of halogens is 3. The molecule has 0 fully saturated rings. The molecule has 2 aromatic rings. The van der Waals surface area contributed by atoms with Crippen LogP contribution in [0.25, 0.3) is 11.3 Å². The summed E-state index contributed by atoms with van der Waals surface area (Å²) in [5.41, 5.74) is 0.374. The fourth-order valence-electron chi connectivity index (χ4n) is 1.29. The van der Waals surface area contributed by atoms with E-state index in [2.05, 4.69) is 20.9 Å². The molecule has 2 nitrogen and oxygen atoms in total. The molecule has 0 spiro atoms. The highest BCUT2D eigenvalue weighted by atomic mass is 79.9. The molecule has 0 saturated heterocycles. The zero-order valence-corrected chi connectivity index (χ0v) is 10.7. The maximum atomic E-state index is 13.6. The van der Waals surface area contributed by atoms with Crippen molar-refractivity contribution in [2.45, 2.75) is 12.3 Å². The molecular weight excluding hydrogens is 296 g/mol. The summed E-state index contributed by atoms with van der Waals surface area (Å²) in [6, 6.07) is 4.75. The van der Waals surface area contributed by atoms with Crippen LogP contribution in [0.15, 0.2) is 33.3 Å². The van der Waals surface area contributed by atoms with Crippen LogP contribution in [0.5, 0.6) is 0 Å². The molecule has 1 atom stereocenters. The minimum absolute atomic E-state index is 0.327. The van der Waals surface area contributed by atoms with Crippen molar-refractivity contribution in [3.8, 4) is 11.3 Å². The Morgan fingerprint density at radius 1 is 1.50 bits per heavy atom. The van der Waals surface area contributed by atoms with Gasteiger partial charge in [-0.3, -0.25) is 0 Å². The number of benzene rings is 1. The first-order valence-electron chi connectivity index (χ1n) is 4.63. The molecule has 5 heteroatoms. The van der Waals surface area contributed by atoms with E-state index < -0.39 is 0 Å². The Morgan fingerprint density at radius 2 is 2.25 bits per heavy atom. The first kappa shape index (κ1) is 11.6. The predicted octanol–water partition coefficient (Wildman–Crippen LogP) is 4.54. The molecule has 1 heterocycles. The van der Waals surface area contributed by atoms with E-state index >= 15 is 0 Å². The molecule has 0 aliphatic rings. The first-order chi connectivity index (χ1) is 7.58. The molecule has 1 aromatic carbocycles. The molecule has 0 saturated carbocycles. The molecule has 84 valence electrons. The normalized spacial score (nSPS) is 12.8. The molecule has 0 radical (unpaired) electrons. The Morgan fingerprint density at radius 3 is 2.81 bits per heavy atom. The second kappa shape index (κ2) is 4.55. The third-order valence-corrected chi connectivity index (χ3v) is 2.74. The summed E-state index contributed by atoms with van der Waals surface area (Å²) in [4.78, 5) is 3.98. The van der Waals surface area contributed by atoms with E-state index in [0.717, 1.165) is 0 Å². The van der Waals surface area contributed by atoms with E-state index in [1.165, 1.54) is 12.3 Å². The van der Waals surface area contributed by atoms with Crippen molar-refractivity contribution < 1.29 is 8.81 Å². The lowest BCUT2D eigenvalue weighted by Crippen LogP contribution is -1.82. The van der Waals surface area contributed by atoms with Crippen molar-refractivity contribution >= 4 is 27.5 Å². The fourth-order valence-corrected chi connectivity index (χ4v) is 1.72.